The van der Waals surface area contributed by atoms with Gasteiger partial charge in [-0.15, -0.1) is 0 Å². The first kappa shape index (κ1) is 27.4. The Morgan fingerprint density at radius 3 is 2.00 bits per heavy atom. The third-order valence-electron chi connectivity index (χ3n) is 8.52. The van der Waals surface area contributed by atoms with Crippen LogP contribution in [0.5, 0.6) is 0 Å². The van der Waals surface area contributed by atoms with Crippen LogP contribution in [0.15, 0.2) is 46.0 Å². The topological polar surface area (TPSA) is 83.8 Å². The molecule has 3 rings (SSSR count). The summed E-state index contributed by atoms with van der Waals surface area (Å²) in [5.74, 6) is -1.82. The molecule has 0 amide bonds. The summed E-state index contributed by atoms with van der Waals surface area (Å²) in [6, 6.07) is 0. The Hall–Kier alpha value is -2.14. The largest absolute Gasteiger partial charge is 0.511 e. The third-order valence-corrected chi connectivity index (χ3v) is 8.52. The first-order valence-electron chi connectivity index (χ1n) is 13.0. The highest BCUT2D eigenvalue weighted by Crippen LogP contribution is 2.61. The Labute approximate surface area is 211 Å². The minimum atomic E-state index is -1.33. The van der Waals surface area contributed by atoms with E-state index in [0.29, 0.717) is 12.0 Å². The van der Waals surface area contributed by atoms with Crippen molar-refractivity contribution in [1.82, 2.24) is 0 Å². The van der Waals surface area contributed by atoms with E-state index in [1.807, 2.05) is 46.8 Å². The first-order chi connectivity index (χ1) is 16.1. The number of fused-ring (bicyclic) bond motifs is 2. The van der Waals surface area contributed by atoms with Gasteiger partial charge in [0.25, 0.3) is 0 Å². The van der Waals surface area contributed by atoms with Gasteiger partial charge in [-0.3, -0.25) is 9.59 Å². The van der Waals surface area contributed by atoms with Crippen LogP contribution in [0.25, 0.3) is 0 Å². The molecule has 1 aliphatic carbocycles. The summed E-state index contributed by atoms with van der Waals surface area (Å²) in [6.07, 6.45) is 6.77. The van der Waals surface area contributed by atoms with Gasteiger partial charge in [0.05, 0.1) is 16.6 Å². The van der Waals surface area contributed by atoms with Crippen LogP contribution in [-0.2, 0) is 14.3 Å². The van der Waals surface area contributed by atoms with Crippen LogP contribution >= 0.6 is 0 Å². The summed E-state index contributed by atoms with van der Waals surface area (Å²) in [5, 5.41) is 23.5. The average Bonchev–Trinajstić information content (AvgIpc) is 3.26. The van der Waals surface area contributed by atoms with Gasteiger partial charge in [-0.25, -0.2) is 0 Å². The van der Waals surface area contributed by atoms with Crippen molar-refractivity contribution in [2.75, 3.05) is 0 Å². The van der Waals surface area contributed by atoms with Crippen molar-refractivity contribution in [1.29, 1.82) is 0 Å². The third kappa shape index (κ3) is 4.45. The normalized spacial score (nSPS) is 29.9. The van der Waals surface area contributed by atoms with E-state index in [0.717, 1.165) is 24.0 Å². The van der Waals surface area contributed by atoms with Crippen molar-refractivity contribution in [3.05, 3.63) is 46.0 Å². The molecule has 2 aliphatic heterocycles. The Morgan fingerprint density at radius 1 is 1.03 bits per heavy atom. The molecule has 5 nitrogen and oxygen atoms in total. The summed E-state index contributed by atoms with van der Waals surface area (Å²) >= 11 is 0. The zero-order chi connectivity index (χ0) is 26.5. The summed E-state index contributed by atoms with van der Waals surface area (Å²) in [4.78, 5) is 27.4. The molecule has 3 atom stereocenters. The molecule has 2 fully saturated rings. The maximum atomic E-state index is 14.1. The molecule has 2 saturated heterocycles. The van der Waals surface area contributed by atoms with Gasteiger partial charge in [0.15, 0.2) is 11.6 Å². The van der Waals surface area contributed by atoms with E-state index in [9.17, 15) is 19.8 Å². The number of carbonyl (C=O) groups is 2. The van der Waals surface area contributed by atoms with Crippen molar-refractivity contribution < 1.29 is 24.5 Å². The number of Topliss-reactive ketones (excluding diaryl/α,β-unsaturated/α-hetero) is 2. The molecule has 0 saturated carbocycles. The number of allylic oxidation sites excluding steroid dienone is 7. The molecule has 2 N–H and O–H groups in total. The molecule has 194 valence electrons. The molecule has 35 heavy (non-hydrogen) atoms. The summed E-state index contributed by atoms with van der Waals surface area (Å²) in [6.45, 7) is 17.6. The monoisotopic (exact) mass is 484 g/mol. The van der Waals surface area contributed by atoms with Crippen LogP contribution < -0.4 is 0 Å². The zero-order valence-corrected chi connectivity index (χ0v) is 23.0. The Morgan fingerprint density at radius 2 is 1.57 bits per heavy atom. The Bertz CT molecular complexity index is 1010. The summed E-state index contributed by atoms with van der Waals surface area (Å²) in [7, 11) is 0. The van der Waals surface area contributed by atoms with Crippen LogP contribution in [-0.4, -0.2) is 33.0 Å². The molecule has 0 aromatic carbocycles. The Kier molecular flexibility index (Phi) is 7.36. The number of hydrogen-bond donors (Lipinski definition) is 2. The van der Waals surface area contributed by atoms with E-state index in [4.69, 9.17) is 4.74 Å². The van der Waals surface area contributed by atoms with Gasteiger partial charge >= 0.3 is 0 Å². The van der Waals surface area contributed by atoms with Crippen LogP contribution in [0.4, 0.5) is 0 Å². The predicted octanol–water partition coefficient (Wildman–Crippen LogP) is 7.10. The molecular formula is C30H44O5. The quantitative estimate of drug-likeness (QED) is 0.283. The smallest absolute Gasteiger partial charge is 0.184 e. The zero-order valence-electron chi connectivity index (χ0n) is 23.0. The van der Waals surface area contributed by atoms with Gasteiger partial charge in [-0.1, -0.05) is 51.0 Å². The van der Waals surface area contributed by atoms with E-state index in [1.165, 1.54) is 0 Å². The maximum absolute atomic E-state index is 14.1. The standard InChI is InChI=1S/C30H44O5/c1-17(2)10-12-29(13-11-18(3)4)26(33)22(25(32)23(27(29)34)24(31)19(5)6)21-16-30(20(7)8)15-14-28(21,9)35-30/h10-11,19-21,32-33H,12-16H2,1-9H3/t21-,28+,30+/m0/s1. The molecule has 0 spiro atoms. The van der Waals surface area contributed by atoms with Crippen molar-refractivity contribution in [2.24, 2.45) is 23.2 Å². The number of ether oxygens (including phenoxy) is 1. The van der Waals surface area contributed by atoms with Crippen LogP contribution in [0.1, 0.15) is 94.4 Å². The lowest BCUT2D eigenvalue weighted by Gasteiger charge is -2.41. The SMILES string of the molecule is CC(C)=CCC1(CC=C(C)C)C(=O)C(C(=O)C(C)C)=C(O)C([C@@H]2C[C@@]3(C(C)C)CC[C@@]2(C)O3)=C1O. The lowest BCUT2D eigenvalue weighted by Crippen LogP contribution is -2.44. The lowest BCUT2D eigenvalue weighted by atomic mass is 9.61. The second-order valence-electron chi connectivity index (χ2n) is 12.3. The first-order valence-corrected chi connectivity index (χ1v) is 13.0. The number of carbonyl (C=O) groups excluding carboxylic acids is 2. The van der Waals surface area contributed by atoms with Crippen LogP contribution in [0.3, 0.4) is 0 Å². The minimum absolute atomic E-state index is 0.100. The highest BCUT2D eigenvalue weighted by atomic mass is 16.5. The van der Waals surface area contributed by atoms with E-state index < -0.39 is 22.7 Å². The second-order valence-corrected chi connectivity index (χ2v) is 12.3. The molecule has 0 radical (unpaired) electrons. The molecule has 0 unspecified atom stereocenters. The highest BCUT2D eigenvalue weighted by Gasteiger charge is 2.63. The Balaban J connectivity index is 2.32. The van der Waals surface area contributed by atoms with E-state index in [-0.39, 0.29) is 53.2 Å². The summed E-state index contributed by atoms with van der Waals surface area (Å²) in [5.41, 5.74) is -0.0310. The van der Waals surface area contributed by atoms with E-state index in [2.05, 4.69) is 13.8 Å². The van der Waals surface area contributed by atoms with Crippen molar-refractivity contribution in [3.63, 3.8) is 0 Å². The van der Waals surface area contributed by atoms with Crippen molar-refractivity contribution in [3.8, 4) is 0 Å². The van der Waals surface area contributed by atoms with E-state index >= 15 is 0 Å². The highest BCUT2D eigenvalue weighted by molar-refractivity contribution is 6.24. The molecule has 2 bridgehead atoms. The van der Waals surface area contributed by atoms with Gasteiger partial charge in [-0.2, -0.15) is 0 Å². The maximum Gasteiger partial charge on any atom is 0.184 e. The van der Waals surface area contributed by atoms with Gasteiger partial charge < -0.3 is 14.9 Å². The average molecular weight is 485 g/mol. The second kappa shape index (κ2) is 9.38. The lowest BCUT2D eigenvalue weighted by molar-refractivity contribution is -0.129. The molecule has 5 heteroatoms. The fourth-order valence-electron chi connectivity index (χ4n) is 6.05. The number of ketones is 2. The van der Waals surface area contributed by atoms with Crippen LogP contribution in [0, 0.1) is 23.2 Å². The predicted molar refractivity (Wildman–Crippen MR) is 139 cm³/mol. The van der Waals surface area contributed by atoms with E-state index in [1.54, 1.807) is 13.8 Å². The van der Waals surface area contributed by atoms with Gasteiger partial charge in [-0.05, 0) is 72.6 Å². The fourth-order valence-corrected chi connectivity index (χ4v) is 6.05. The fraction of sp³-hybridized carbons (Fsp3) is 0.667. The van der Waals surface area contributed by atoms with Gasteiger partial charge in [0.1, 0.15) is 17.1 Å². The molecule has 0 aromatic rings. The molecule has 3 aliphatic rings. The minimum Gasteiger partial charge on any atom is -0.511 e. The van der Waals surface area contributed by atoms with Crippen LogP contribution in [0.2, 0.25) is 0 Å². The molecule has 0 aromatic heterocycles. The van der Waals surface area contributed by atoms with Crippen molar-refractivity contribution in [2.45, 2.75) is 106 Å². The summed E-state index contributed by atoms with van der Waals surface area (Å²) < 4.78 is 6.63. The van der Waals surface area contributed by atoms with Gasteiger partial charge in [0.2, 0.25) is 0 Å². The van der Waals surface area contributed by atoms with Gasteiger partial charge in [0, 0.05) is 17.4 Å². The number of aliphatic hydroxyl groups excluding tert-OH is 2. The molecule has 2 heterocycles. The van der Waals surface area contributed by atoms with Crippen molar-refractivity contribution >= 4 is 11.6 Å². The number of rotatable bonds is 8. The number of aliphatic hydroxyl groups is 2. The number of hydrogen-bond acceptors (Lipinski definition) is 5. The molecular weight excluding hydrogens is 440 g/mol.